The number of carboxylic acids is 1. The molecule has 124 valence electrons. The van der Waals surface area contributed by atoms with E-state index in [9.17, 15) is 14.7 Å². The van der Waals surface area contributed by atoms with E-state index >= 15 is 0 Å². The summed E-state index contributed by atoms with van der Waals surface area (Å²) in [7, 11) is 0. The van der Waals surface area contributed by atoms with Crippen LogP contribution in [0.4, 0.5) is 5.69 Å². The Bertz CT molecular complexity index is 980. The average molecular weight is 349 g/mol. The minimum atomic E-state index is -1.33. The van der Waals surface area contributed by atoms with Gasteiger partial charge in [0.25, 0.3) is 5.91 Å². The maximum atomic E-state index is 12.5. The van der Waals surface area contributed by atoms with Crippen LogP contribution in [0.1, 0.15) is 20.7 Å². The Morgan fingerprint density at radius 3 is 2.28 bits per heavy atom. The number of para-hydroxylation sites is 1. The van der Waals surface area contributed by atoms with Crippen LogP contribution in [0.5, 0.6) is 0 Å². The van der Waals surface area contributed by atoms with Gasteiger partial charge in [-0.3, -0.25) is 10.1 Å². The van der Waals surface area contributed by atoms with Crippen LogP contribution in [0.2, 0.25) is 0 Å². The predicted molar refractivity (Wildman–Crippen MR) is 98.4 cm³/mol. The molecule has 0 aliphatic rings. The third-order valence-corrected chi connectivity index (χ3v) is 3.86. The first-order valence-electron chi connectivity index (χ1n) is 7.47. The minimum Gasteiger partial charge on any atom is -0.545 e. The summed E-state index contributed by atoms with van der Waals surface area (Å²) in [5.74, 6) is -1.70. The topological polar surface area (TPSA) is 81.3 Å². The van der Waals surface area contributed by atoms with Gasteiger partial charge in [-0.05, 0) is 35.1 Å². The Kier molecular flexibility index (Phi) is 4.72. The van der Waals surface area contributed by atoms with Crippen molar-refractivity contribution in [3.05, 3.63) is 77.9 Å². The smallest absolute Gasteiger partial charge is 0.258 e. The van der Waals surface area contributed by atoms with E-state index in [1.54, 1.807) is 30.3 Å². The number of carbonyl (C=O) groups excluding carboxylic acids is 2. The van der Waals surface area contributed by atoms with E-state index in [2.05, 4.69) is 10.6 Å². The van der Waals surface area contributed by atoms with Crippen LogP contribution in [0, 0.1) is 0 Å². The second kappa shape index (κ2) is 7.11. The van der Waals surface area contributed by atoms with Crippen LogP contribution in [-0.4, -0.2) is 17.0 Å². The molecular formula is C19H13N2O3S-. The highest BCUT2D eigenvalue weighted by atomic mass is 32.1. The van der Waals surface area contributed by atoms with Crippen molar-refractivity contribution in [2.75, 3.05) is 5.32 Å². The normalized spacial score (nSPS) is 10.2. The summed E-state index contributed by atoms with van der Waals surface area (Å²) in [6, 6.07) is 19.1. The van der Waals surface area contributed by atoms with Gasteiger partial charge in [0.2, 0.25) is 0 Å². The molecule has 0 heterocycles. The molecule has 0 bridgehead atoms. The van der Waals surface area contributed by atoms with Gasteiger partial charge in [0.05, 0.1) is 5.97 Å². The number of fused-ring (bicyclic) bond motifs is 1. The Balaban J connectivity index is 1.79. The van der Waals surface area contributed by atoms with Gasteiger partial charge < -0.3 is 15.2 Å². The van der Waals surface area contributed by atoms with Gasteiger partial charge in [-0.25, -0.2) is 0 Å². The summed E-state index contributed by atoms with van der Waals surface area (Å²) in [4.78, 5) is 23.6. The minimum absolute atomic E-state index is 0.00614. The zero-order valence-corrected chi connectivity index (χ0v) is 13.8. The zero-order valence-electron chi connectivity index (χ0n) is 13.0. The van der Waals surface area contributed by atoms with Crippen molar-refractivity contribution in [1.29, 1.82) is 0 Å². The molecule has 0 fully saturated rings. The maximum absolute atomic E-state index is 12.5. The van der Waals surface area contributed by atoms with Crippen LogP contribution in [0.15, 0.2) is 66.7 Å². The lowest BCUT2D eigenvalue weighted by atomic mass is 10.0. The van der Waals surface area contributed by atoms with E-state index in [1.165, 1.54) is 6.07 Å². The van der Waals surface area contributed by atoms with Crippen LogP contribution in [0.3, 0.4) is 0 Å². The summed E-state index contributed by atoms with van der Waals surface area (Å²) in [5, 5.41) is 18.2. The molecule has 2 N–H and O–H groups in total. The molecule has 3 aromatic carbocycles. The summed E-state index contributed by atoms with van der Waals surface area (Å²) >= 11 is 5.12. The van der Waals surface area contributed by atoms with Crippen LogP contribution in [-0.2, 0) is 0 Å². The van der Waals surface area contributed by atoms with Crippen molar-refractivity contribution in [3.8, 4) is 0 Å². The molecule has 0 spiro atoms. The summed E-state index contributed by atoms with van der Waals surface area (Å²) in [5.41, 5.74) is 0.699. The fourth-order valence-corrected chi connectivity index (χ4v) is 2.72. The zero-order chi connectivity index (χ0) is 17.8. The molecule has 0 atom stereocenters. The number of aromatic carboxylic acids is 1. The number of nitrogens with one attached hydrogen (secondary N) is 2. The lowest BCUT2D eigenvalue weighted by Crippen LogP contribution is -2.35. The van der Waals surface area contributed by atoms with Crippen molar-refractivity contribution in [3.63, 3.8) is 0 Å². The standard InChI is InChI=1S/C19H14N2O3S/c22-17(14-10-5-7-12-6-1-2-8-13(12)14)21-19(25)20-16-11-4-3-9-15(16)18(23)24/h1-11H,(H,23,24)(H2,20,21,22,25)/p-1. The van der Waals surface area contributed by atoms with Gasteiger partial charge in [0, 0.05) is 16.8 Å². The molecule has 0 unspecified atom stereocenters. The van der Waals surface area contributed by atoms with Crippen molar-refractivity contribution >= 4 is 45.7 Å². The summed E-state index contributed by atoms with van der Waals surface area (Å²) in [6.45, 7) is 0. The highest BCUT2D eigenvalue weighted by Gasteiger charge is 2.12. The lowest BCUT2D eigenvalue weighted by molar-refractivity contribution is -0.254. The SMILES string of the molecule is O=C([O-])c1ccccc1NC(=S)NC(=O)c1cccc2ccccc12. The third kappa shape index (κ3) is 3.64. The number of carboxylic acid groups (broad SMARTS) is 1. The maximum Gasteiger partial charge on any atom is 0.258 e. The number of anilines is 1. The molecule has 0 aliphatic heterocycles. The number of thiocarbonyl (C=S) groups is 1. The first kappa shape index (κ1) is 16.6. The Morgan fingerprint density at radius 2 is 1.48 bits per heavy atom. The van der Waals surface area contributed by atoms with Crippen molar-refractivity contribution in [2.24, 2.45) is 0 Å². The molecular weight excluding hydrogens is 336 g/mol. The van der Waals surface area contributed by atoms with E-state index in [0.29, 0.717) is 5.56 Å². The molecule has 0 aromatic heterocycles. The fourth-order valence-electron chi connectivity index (χ4n) is 2.52. The largest absolute Gasteiger partial charge is 0.545 e. The first-order chi connectivity index (χ1) is 12.1. The third-order valence-electron chi connectivity index (χ3n) is 3.66. The van der Waals surface area contributed by atoms with Crippen LogP contribution in [0.25, 0.3) is 10.8 Å². The Labute approximate surface area is 149 Å². The quantitative estimate of drug-likeness (QED) is 0.709. The molecule has 0 aliphatic carbocycles. The van der Waals surface area contributed by atoms with Gasteiger partial charge >= 0.3 is 0 Å². The fraction of sp³-hybridized carbons (Fsp3) is 0. The number of carbonyl (C=O) groups is 2. The van der Waals surface area contributed by atoms with Crippen LogP contribution >= 0.6 is 12.2 Å². The van der Waals surface area contributed by atoms with Crippen molar-refractivity contribution < 1.29 is 14.7 Å². The van der Waals surface area contributed by atoms with E-state index < -0.39 is 5.97 Å². The van der Waals surface area contributed by atoms with E-state index in [1.807, 2.05) is 30.3 Å². The van der Waals surface area contributed by atoms with Gasteiger partial charge in [-0.1, -0.05) is 54.6 Å². The highest BCUT2D eigenvalue weighted by Crippen LogP contribution is 2.18. The Morgan fingerprint density at radius 1 is 0.840 bits per heavy atom. The molecule has 0 saturated carbocycles. The highest BCUT2D eigenvalue weighted by molar-refractivity contribution is 7.80. The summed E-state index contributed by atoms with van der Waals surface area (Å²) in [6.07, 6.45) is 0. The molecule has 0 radical (unpaired) electrons. The predicted octanol–water partition coefficient (Wildman–Crippen LogP) is 2.33. The second-order valence-corrected chi connectivity index (χ2v) is 5.68. The molecule has 1 amide bonds. The van der Waals surface area contributed by atoms with Crippen LogP contribution < -0.4 is 15.7 Å². The van der Waals surface area contributed by atoms with Gasteiger partial charge in [-0.2, -0.15) is 0 Å². The second-order valence-electron chi connectivity index (χ2n) is 5.27. The number of hydrogen-bond acceptors (Lipinski definition) is 4. The average Bonchev–Trinajstić information content (AvgIpc) is 2.61. The van der Waals surface area contributed by atoms with E-state index in [-0.39, 0.29) is 22.3 Å². The summed E-state index contributed by atoms with van der Waals surface area (Å²) < 4.78 is 0. The molecule has 3 rings (SSSR count). The first-order valence-corrected chi connectivity index (χ1v) is 7.87. The van der Waals surface area contributed by atoms with Crippen molar-refractivity contribution in [1.82, 2.24) is 5.32 Å². The van der Waals surface area contributed by atoms with E-state index in [4.69, 9.17) is 12.2 Å². The number of benzene rings is 3. The number of amides is 1. The monoisotopic (exact) mass is 349 g/mol. The molecule has 0 saturated heterocycles. The van der Waals surface area contributed by atoms with E-state index in [0.717, 1.165) is 10.8 Å². The molecule has 3 aromatic rings. The van der Waals surface area contributed by atoms with Gasteiger partial charge in [-0.15, -0.1) is 0 Å². The Hall–Kier alpha value is -3.25. The molecule has 6 heteroatoms. The van der Waals surface area contributed by atoms with Crippen molar-refractivity contribution in [2.45, 2.75) is 0 Å². The molecule has 25 heavy (non-hydrogen) atoms. The lowest BCUT2D eigenvalue weighted by Gasteiger charge is -2.14. The van der Waals surface area contributed by atoms with Gasteiger partial charge in [0.15, 0.2) is 5.11 Å². The van der Waals surface area contributed by atoms with Gasteiger partial charge in [0.1, 0.15) is 0 Å². The number of hydrogen-bond donors (Lipinski definition) is 2. The molecule has 5 nitrogen and oxygen atoms in total. The number of rotatable bonds is 3.